The standard InChI is InChI=1S/C24H20ClN3/c1-28-14-20-12-19(24-3-2-10-26-27-24)7-9-22(20)23(15-28)18-5-4-17-13-21(25)8-6-16(17)11-18/h2-13,23H,14-15H2,1H3. The molecule has 1 aromatic heterocycles. The van der Waals surface area contributed by atoms with Crippen LogP contribution < -0.4 is 0 Å². The molecule has 0 bridgehead atoms. The highest BCUT2D eigenvalue weighted by atomic mass is 35.5. The third-order valence-electron chi connectivity index (χ3n) is 5.55. The second kappa shape index (κ2) is 7.01. The van der Waals surface area contributed by atoms with E-state index >= 15 is 0 Å². The van der Waals surface area contributed by atoms with Crippen molar-refractivity contribution in [3.05, 3.63) is 94.6 Å². The van der Waals surface area contributed by atoms with Gasteiger partial charge in [-0.3, -0.25) is 0 Å². The summed E-state index contributed by atoms with van der Waals surface area (Å²) in [6.45, 7) is 1.96. The highest BCUT2D eigenvalue weighted by Gasteiger charge is 2.25. The minimum absolute atomic E-state index is 0.352. The Balaban J connectivity index is 1.58. The Morgan fingerprint density at radius 1 is 0.964 bits per heavy atom. The molecule has 1 aliphatic heterocycles. The van der Waals surface area contributed by atoms with E-state index in [1.165, 1.54) is 27.5 Å². The highest BCUT2D eigenvalue weighted by Crippen LogP contribution is 2.36. The maximum Gasteiger partial charge on any atom is 0.0929 e. The van der Waals surface area contributed by atoms with Crippen LogP contribution in [0.3, 0.4) is 0 Å². The normalized spacial score (nSPS) is 16.9. The van der Waals surface area contributed by atoms with Gasteiger partial charge in [-0.2, -0.15) is 10.2 Å². The van der Waals surface area contributed by atoms with Gasteiger partial charge in [0.2, 0.25) is 0 Å². The third kappa shape index (κ3) is 3.17. The molecule has 0 N–H and O–H groups in total. The SMILES string of the molecule is CN1Cc2cc(-c3cccnn3)ccc2C(c2ccc3cc(Cl)ccc3c2)C1. The van der Waals surface area contributed by atoms with E-state index in [1.807, 2.05) is 24.3 Å². The summed E-state index contributed by atoms with van der Waals surface area (Å²) in [4.78, 5) is 2.39. The lowest BCUT2D eigenvalue weighted by Gasteiger charge is -2.33. The number of fused-ring (bicyclic) bond motifs is 2. The van der Waals surface area contributed by atoms with Gasteiger partial charge in [-0.1, -0.05) is 48.0 Å². The number of hydrogen-bond acceptors (Lipinski definition) is 3. The smallest absolute Gasteiger partial charge is 0.0929 e. The zero-order chi connectivity index (χ0) is 19.1. The summed E-state index contributed by atoms with van der Waals surface area (Å²) in [5.41, 5.74) is 6.14. The van der Waals surface area contributed by atoms with Crippen molar-refractivity contribution in [2.45, 2.75) is 12.5 Å². The van der Waals surface area contributed by atoms with Crippen LogP contribution in [-0.4, -0.2) is 28.7 Å². The molecule has 3 nitrogen and oxygen atoms in total. The van der Waals surface area contributed by atoms with Crippen LogP contribution in [0.5, 0.6) is 0 Å². The molecular formula is C24H20ClN3. The number of halogens is 1. The van der Waals surface area contributed by atoms with Gasteiger partial charge in [0.25, 0.3) is 0 Å². The molecule has 3 aromatic carbocycles. The molecular weight excluding hydrogens is 366 g/mol. The second-order valence-electron chi connectivity index (χ2n) is 7.52. The molecule has 0 amide bonds. The molecule has 0 saturated heterocycles. The Bertz CT molecular complexity index is 1160. The fourth-order valence-corrected chi connectivity index (χ4v) is 4.38. The molecule has 0 saturated carbocycles. The lowest BCUT2D eigenvalue weighted by Crippen LogP contribution is -2.31. The zero-order valence-corrected chi connectivity index (χ0v) is 16.4. The van der Waals surface area contributed by atoms with Gasteiger partial charge in [0.05, 0.1) is 5.69 Å². The van der Waals surface area contributed by atoms with E-state index in [9.17, 15) is 0 Å². The van der Waals surface area contributed by atoms with Gasteiger partial charge in [0.1, 0.15) is 0 Å². The molecule has 1 atom stereocenters. The van der Waals surface area contributed by atoms with Crippen LogP contribution in [0.2, 0.25) is 5.02 Å². The lowest BCUT2D eigenvalue weighted by molar-refractivity contribution is 0.295. The first kappa shape index (κ1) is 17.4. The van der Waals surface area contributed by atoms with Crippen molar-refractivity contribution in [3.8, 4) is 11.3 Å². The first-order valence-corrected chi connectivity index (χ1v) is 9.84. The van der Waals surface area contributed by atoms with Crippen LogP contribution in [0, 0.1) is 0 Å². The van der Waals surface area contributed by atoms with E-state index in [0.29, 0.717) is 5.92 Å². The van der Waals surface area contributed by atoms with Crippen molar-refractivity contribution >= 4 is 22.4 Å². The zero-order valence-electron chi connectivity index (χ0n) is 15.6. The summed E-state index contributed by atoms with van der Waals surface area (Å²) in [5.74, 6) is 0.352. The van der Waals surface area contributed by atoms with Crippen LogP contribution in [0.4, 0.5) is 0 Å². The molecule has 4 aromatic rings. The summed E-state index contributed by atoms with van der Waals surface area (Å²) >= 11 is 6.14. The maximum absolute atomic E-state index is 6.14. The average molecular weight is 386 g/mol. The monoisotopic (exact) mass is 385 g/mol. The van der Waals surface area contributed by atoms with E-state index < -0.39 is 0 Å². The van der Waals surface area contributed by atoms with Crippen molar-refractivity contribution < 1.29 is 0 Å². The molecule has 2 heterocycles. The molecule has 0 radical (unpaired) electrons. The Morgan fingerprint density at radius 3 is 2.68 bits per heavy atom. The topological polar surface area (TPSA) is 29.0 Å². The first-order valence-electron chi connectivity index (χ1n) is 9.46. The highest BCUT2D eigenvalue weighted by molar-refractivity contribution is 6.31. The second-order valence-corrected chi connectivity index (χ2v) is 7.96. The predicted octanol–water partition coefficient (Wildman–Crippen LogP) is 5.53. The van der Waals surface area contributed by atoms with Crippen LogP contribution in [0.25, 0.3) is 22.0 Å². The number of rotatable bonds is 2. The van der Waals surface area contributed by atoms with Gasteiger partial charge in [-0.05, 0) is 64.8 Å². The molecule has 4 heteroatoms. The van der Waals surface area contributed by atoms with Gasteiger partial charge in [-0.15, -0.1) is 0 Å². The average Bonchev–Trinajstić information content (AvgIpc) is 2.73. The van der Waals surface area contributed by atoms with Gasteiger partial charge in [-0.25, -0.2) is 0 Å². The predicted molar refractivity (Wildman–Crippen MR) is 115 cm³/mol. The molecule has 5 rings (SSSR count). The van der Waals surface area contributed by atoms with Gasteiger partial charge in [0.15, 0.2) is 0 Å². The minimum atomic E-state index is 0.352. The summed E-state index contributed by atoms with van der Waals surface area (Å²) in [6, 6.07) is 23.4. The van der Waals surface area contributed by atoms with E-state index in [1.54, 1.807) is 6.20 Å². The number of aromatic nitrogens is 2. The first-order chi connectivity index (χ1) is 13.7. The van der Waals surface area contributed by atoms with E-state index in [4.69, 9.17) is 11.6 Å². The largest absolute Gasteiger partial charge is 0.301 e. The molecule has 1 aliphatic rings. The van der Waals surface area contributed by atoms with Gasteiger partial charge in [0, 0.05) is 35.8 Å². The Kier molecular flexibility index (Phi) is 4.34. The number of benzene rings is 3. The fourth-order valence-electron chi connectivity index (χ4n) is 4.20. The maximum atomic E-state index is 6.14. The van der Waals surface area contributed by atoms with Crippen LogP contribution in [-0.2, 0) is 6.54 Å². The van der Waals surface area contributed by atoms with Crippen molar-refractivity contribution in [2.75, 3.05) is 13.6 Å². The Morgan fingerprint density at radius 2 is 1.82 bits per heavy atom. The number of likely N-dealkylation sites (N-methyl/N-ethyl adjacent to an activating group) is 1. The number of nitrogens with zero attached hydrogens (tertiary/aromatic N) is 3. The minimum Gasteiger partial charge on any atom is -0.301 e. The molecule has 0 spiro atoms. The summed E-state index contributed by atoms with van der Waals surface area (Å²) in [7, 11) is 2.19. The van der Waals surface area contributed by atoms with E-state index in [2.05, 4.69) is 64.6 Å². The van der Waals surface area contributed by atoms with Crippen molar-refractivity contribution in [1.29, 1.82) is 0 Å². The Labute approximate surface area is 169 Å². The van der Waals surface area contributed by atoms with Crippen molar-refractivity contribution in [1.82, 2.24) is 15.1 Å². The van der Waals surface area contributed by atoms with E-state index in [0.717, 1.165) is 29.4 Å². The molecule has 28 heavy (non-hydrogen) atoms. The number of hydrogen-bond donors (Lipinski definition) is 0. The fraction of sp³-hybridized carbons (Fsp3) is 0.167. The van der Waals surface area contributed by atoms with Crippen LogP contribution in [0.1, 0.15) is 22.6 Å². The van der Waals surface area contributed by atoms with Crippen molar-refractivity contribution in [2.24, 2.45) is 0 Å². The summed E-state index contributed by atoms with van der Waals surface area (Å²) < 4.78 is 0. The van der Waals surface area contributed by atoms with Gasteiger partial charge >= 0.3 is 0 Å². The quantitative estimate of drug-likeness (QED) is 0.454. The molecule has 0 aliphatic carbocycles. The molecule has 0 fully saturated rings. The van der Waals surface area contributed by atoms with Crippen LogP contribution in [0.15, 0.2) is 72.9 Å². The molecule has 1 unspecified atom stereocenters. The van der Waals surface area contributed by atoms with Gasteiger partial charge < -0.3 is 4.90 Å². The third-order valence-corrected chi connectivity index (χ3v) is 5.78. The van der Waals surface area contributed by atoms with E-state index in [-0.39, 0.29) is 0 Å². The van der Waals surface area contributed by atoms with Crippen LogP contribution >= 0.6 is 11.6 Å². The lowest BCUT2D eigenvalue weighted by atomic mass is 9.83. The Hall–Kier alpha value is -2.75. The summed E-state index contributed by atoms with van der Waals surface area (Å²) in [5, 5.41) is 11.5. The summed E-state index contributed by atoms with van der Waals surface area (Å²) in [6.07, 6.45) is 1.71. The van der Waals surface area contributed by atoms with Crippen molar-refractivity contribution in [3.63, 3.8) is 0 Å². The molecule has 138 valence electrons.